The van der Waals surface area contributed by atoms with Crippen LogP contribution in [-0.2, 0) is 6.54 Å². The first-order valence-corrected chi connectivity index (χ1v) is 7.01. The summed E-state index contributed by atoms with van der Waals surface area (Å²) >= 11 is 0. The molecule has 100 valence electrons. The topological polar surface area (TPSA) is 3.24 Å². The van der Waals surface area contributed by atoms with Gasteiger partial charge in [0.15, 0.2) is 0 Å². The number of hydrogen-bond acceptors (Lipinski definition) is 1. The Kier molecular flexibility index (Phi) is 6.92. The van der Waals surface area contributed by atoms with Gasteiger partial charge in [0.25, 0.3) is 0 Å². The van der Waals surface area contributed by atoms with Gasteiger partial charge < -0.3 is 4.90 Å². The van der Waals surface area contributed by atoms with E-state index >= 15 is 0 Å². The smallest absolute Gasteiger partial charge is 0.390 e. The first-order chi connectivity index (χ1) is 9.20. The molecule has 2 rings (SSSR count). The van der Waals surface area contributed by atoms with E-state index < -0.39 is 0 Å². The zero-order valence-electron chi connectivity index (χ0n) is 13.1. The molecule has 2 heteroatoms. The summed E-state index contributed by atoms with van der Waals surface area (Å²) in [6, 6.07) is 20.6. The van der Waals surface area contributed by atoms with E-state index in [0.717, 1.165) is 13.1 Å². The van der Waals surface area contributed by atoms with E-state index in [1.807, 2.05) is 0 Å². The molecule has 0 atom stereocenters. The monoisotopic (exact) mass is 259 g/mol. The van der Waals surface area contributed by atoms with Crippen molar-refractivity contribution in [2.75, 3.05) is 11.4 Å². The zero-order valence-corrected chi connectivity index (χ0v) is 13.1. The Morgan fingerprint density at radius 1 is 1.00 bits per heavy atom. The van der Waals surface area contributed by atoms with Crippen molar-refractivity contribution in [1.82, 2.24) is 0 Å². The third-order valence-electron chi connectivity index (χ3n) is 3.36. The summed E-state index contributed by atoms with van der Waals surface area (Å²) in [5.74, 6) is 0.524. The van der Waals surface area contributed by atoms with Crippen LogP contribution in [0, 0.1) is 6.07 Å². The van der Waals surface area contributed by atoms with Crippen molar-refractivity contribution in [2.24, 2.45) is 0 Å². The van der Waals surface area contributed by atoms with Crippen LogP contribution >= 0.6 is 0 Å². The van der Waals surface area contributed by atoms with Crippen molar-refractivity contribution in [3.05, 3.63) is 65.7 Å². The molecule has 0 heterocycles. The average molecular weight is 259 g/mol. The van der Waals surface area contributed by atoms with Crippen molar-refractivity contribution in [3.63, 3.8) is 0 Å². The quantitative estimate of drug-likeness (QED) is 0.583. The van der Waals surface area contributed by atoms with Crippen LogP contribution in [0.1, 0.15) is 37.8 Å². The van der Waals surface area contributed by atoms with Crippen LogP contribution in [0.25, 0.3) is 0 Å². The fraction of sp³-hybridized carbons (Fsp3) is 0.333. The van der Waals surface area contributed by atoms with E-state index in [0.29, 0.717) is 5.92 Å². The second-order valence-corrected chi connectivity index (χ2v) is 5.15. The van der Waals surface area contributed by atoms with Gasteiger partial charge in [0.1, 0.15) is 0 Å². The molecule has 0 aliphatic rings. The molecule has 0 amide bonds. The maximum absolute atomic E-state index is 3.54. The van der Waals surface area contributed by atoms with Crippen LogP contribution in [0.2, 0.25) is 0 Å². The molecule has 2 aromatic carbocycles. The van der Waals surface area contributed by atoms with Crippen LogP contribution in [0.4, 0.5) is 5.69 Å². The van der Waals surface area contributed by atoms with Gasteiger partial charge in [0, 0.05) is 13.1 Å². The molecular formula is C18H22LiN. The molecule has 0 bridgehead atoms. The maximum atomic E-state index is 3.54. The Balaban J connectivity index is 0.00000200. The summed E-state index contributed by atoms with van der Waals surface area (Å²) in [4.78, 5) is 2.36. The maximum Gasteiger partial charge on any atom is 1.00 e. The molecule has 0 N–H and O–H groups in total. The van der Waals surface area contributed by atoms with E-state index in [-0.39, 0.29) is 18.9 Å². The van der Waals surface area contributed by atoms with Gasteiger partial charge in [0.2, 0.25) is 0 Å². The second kappa shape index (κ2) is 8.20. The molecule has 0 radical (unpaired) electrons. The van der Waals surface area contributed by atoms with Gasteiger partial charge in [-0.15, -0.1) is 6.07 Å². The van der Waals surface area contributed by atoms with E-state index in [1.54, 1.807) is 0 Å². The van der Waals surface area contributed by atoms with Crippen LogP contribution in [-0.4, -0.2) is 6.54 Å². The largest absolute Gasteiger partial charge is 1.00 e. The standard InChI is InChI=1S/C18H22N.Li/c1-4-19(14-16-9-6-5-7-10-16)18-12-8-11-17(13-18)15(2)3;/h5-12,15H,4,14H2,1-3H3;/q-1;+1. The molecule has 0 aliphatic carbocycles. The molecule has 2 aromatic rings. The van der Waals surface area contributed by atoms with Gasteiger partial charge >= 0.3 is 18.9 Å². The van der Waals surface area contributed by atoms with Crippen LogP contribution in [0.3, 0.4) is 0 Å². The first-order valence-electron chi connectivity index (χ1n) is 7.01. The number of rotatable bonds is 5. The normalized spacial score (nSPS) is 10.2. The molecule has 0 unspecified atom stereocenters. The van der Waals surface area contributed by atoms with Crippen molar-refractivity contribution >= 4 is 5.69 Å². The molecule has 0 spiro atoms. The second-order valence-electron chi connectivity index (χ2n) is 5.15. The molecule has 0 saturated carbocycles. The van der Waals surface area contributed by atoms with Gasteiger partial charge in [-0.1, -0.05) is 49.9 Å². The number of nitrogens with zero attached hydrogens (tertiary/aromatic N) is 1. The van der Waals surface area contributed by atoms with E-state index in [2.05, 4.69) is 80.3 Å². The van der Waals surface area contributed by atoms with Gasteiger partial charge in [-0.25, -0.2) is 0 Å². The predicted octanol–water partition coefficient (Wildman–Crippen LogP) is 1.64. The minimum Gasteiger partial charge on any atom is -0.390 e. The van der Waals surface area contributed by atoms with E-state index in [9.17, 15) is 0 Å². The minimum absolute atomic E-state index is 0. The van der Waals surface area contributed by atoms with Crippen molar-refractivity contribution < 1.29 is 18.9 Å². The fourth-order valence-corrected chi connectivity index (χ4v) is 2.17. The van der Waals surface area contributed by atoms with Crippen LogP contribution in [0.5, 0.6) is 0 Å². The van der Waals surface area contributed by atoms with Gasteiger partial charge in [-0.2, -0.15) is 23.8 Å². The summed E-state index contributed by atoms with van der Waals surface area (Å²) in [6.45, 7) is 8.55. The van der Waals surface area contributed by atoms with Crippen molar-refractivity contribution in [1.29, 1.82) is 0 Å². The Hall–Kier alpha value is -1.16. The van der Waals surface area contributed by atoms with Crippen molar-refractivity contribution in [2.45, 2.75) is 33.2 Å². The molecule has 0 aromatic heterocycles. The SMILES string of the molecule is CCN(Cc1ccccc1)c1[c-]c(C(C)C)ccc1.[Li+]. The summed E-state index contributed by atoms with van der Waals surface area (Å²) in [5.41, 5.74) is 3.81. The fourth-order valence-electron chi connectivity index (χ4n) is 2.17. The molecule has 1 nitrogen and oxygen atoms in total. The van der Waals surface area contributed by atoms with Crippen molar-refractivity contribution in [3.8, 4) is 0 Å². The number of anilines is 1. The average Bonchev–Trinajstić information content (AvgIpc) is 2.46. The minimum atomic E-state index is 0. The molecular weight excluding hydrogens is 237 g/mol. The van der Waals surface area contributed by atoms with E-state index in [1.165, 1.54) is 16.8 Å². The Labute approximate surface area is 135 Å². The molecule has 20 heavy (non-hydrogen) atoms. The first kappa shape index (κ1) is 16.9. The molecule has 0 fully saturated rings. The van der Waals surface area contributed by atoms with Crippen LogP contribution in [0.15, 0.2) is 48.5 Å². The third kappa shape index (κ3) is 4.44. The van der Waals surface area contributed by atoms with Gasteiger partial charge in [0.05, 0.1) is 0 Å². The number of benzene rings is 2. The Bertz CT molecular complexity index is 508. The third-order valence-corrected chi connectivity index (χ3v) is 3.36. The number of hydrogen-bond donors (Lipinski definition) is 0. The summed E-state index contributed by atoms with van der Waals surface area (Å²) in [5, 5.41) is 0. The summed E-state index contributed by atoms with van der Waals surface area (Å²) < 4.78 is 0. The van der Waals surface area contributed by atoms with Crippen LogP contribution < -0.4 is 23.8 Å². The van der Waals surface area contributed by atoms with E-state index in [4.69, 9.17) is 0 Å². The molecule has 0 aliphatic heterocycles. The van der Waals surface area contributed by atoms with Gasteiger partial charge in [-0.05, 0) is 18.4 Å². The Morgan fingerprint density at radius 3 is 2.30 bits per heavy atom. The zero-order chi connectivity index (χ0) is 13.7. The molecule has 0 saturated heterocycles. The predicted molar refractivity (Wildman–Crippen MR) is 82.5 cm³/mol. The van der Waals surface area contributed by atoms with Gasteiger partial charge in [-0.3, -0.25) is 0 Å². The summed E-state index contributed by atoms with van der Waals surface area (Å²) in [6.07, 6.45) is 0. The summed E-state index contributed by atoms with van der Waals surface area (Å²) in [7, 11) is 0. The Morgan fingerprint density at radius 2 is 1.70 bits per heavy atom.